The Morgan fingerprint density at radius 1 is 1.47 bits per heavy atom. The average molecular weight is 283 g/mol. The number of thioether (sulfide) groups is 1. The summed E-state index contributed by atoms with van der Waals surface area (Å²) in [6.45, 7) is 0. The zero-order valence-electron chi connectivity index (χ0n) is 8.33. The van der Waals surface area contributed by atoms with Gasteiger partial charge in [0.15, 0.2) is 0 Å². The van der Waals surface area contributed by atoms with Crippen molar-refractivity contribution in [1.29, 1.82) is 0 Å². The molecule has 1 aromatic carbocycles. The Bertz CT molecular complexity index is 440. The minimum atomic E-state index is 0.937. The molecule has 0 saturated heterocycles. The van der Waals surface area contributed by atoms with E-state index in [0.29, 0.717) is 0 Å². The lowest BCUT2D eigenvalue weighted by Crippen LogP contribution is -1.89. The van der Waals surface area contributed by atoms with Crippen LogP contribution in [0.15, 0.2) is 35.1 Å². The summed E-state index contributed by atoms with van der Waals surface area (Å²) in [6.07, 6.45) is 5.73. The quantitative estimate of drug-likeness (QED) is 0.930. The molecule has 1 N–H and O–H groups in total. The lowest BCUT2D eigenvalue weighted by molar-refractivity contribution is 1.27. The summed E-state index contributed by atoms with van der Waals surface area (Å²) in [6, 6.07) is 6.28. The molecule has 0 fully saturated rings. The third-order valence-corrected chi connectivity index (χ3v) is 3.21. The van der Waals surface area contributed by atoms with E-state index in [1.807, 2.05) is 24.0 Å². The summed E-state index contributed by atoms with van der Waals surface area (Å²) >= 11 is 5.30. The Morgan fingerprint density at radius 2 is 2.33 bits per heavy atom. The predicted octanol–water partition coefficient (Wildman–Crippen LogP) is 3.70. The molecule has 1 aromatic heterocycles. The number of hydrogen-bond acceptors (Lipinski definition) is 2. The first kappa shape index (κ1) is 10.8. The molecular formula is C11H11BrN2S. The molecule has 0 radical (unpaired) electrons. The third-order valence-electron chi connectivity index (χ3n) is 2.12. The van der Waals surface area contributed by atoms with E-state index in [1.54, 1.807) is 6.20 Å². The van der Waals surface area contributed by atoms with E-state index in [0.717, 1.165) is 16.0 Å². The van der Waals surface area contributed by atoms with Crippen molar-refractivity contribution in [2.75, 3.05) is 6.26 Å². The van der Waals surface area contributed by atoms with E-state index < -0.39 is 0 Å². The first-order chi connectivity index (χ1) is 7.31. The Hall–Kier alpha value is -0.740. The summed E-state index contributed by atoms with van der Waals surface area (Å²) in [5.41, 5.74) is 2.48. The van der Waals surface area contributed by atoms with Gasteiger partial charge in [-0.25, -0.2) is 4.98 Å². The van der Waals surface area contributed by atoms with Crippen LogP contribution in [-0.2, 0) is 5.75 Å². The molecule has 0 unspecified atom stereocenters. The van der Waals surface area contributed by atoms with E-state index in [2.05, 4.69) is 44.3 Å². The number of imidazole rings is 1. The van der Waals surface area contributed by atoms with Crippen molar-refractivity contribution < 1.29 is 0 Å². The fourth-order valence-corrected chi connectivity index (χ4v) is 2.44. The molecule has 2 aromatic rings. The summed E-state index contributed by atoms with van der Waals surface area (Å²) in [5, 5.41) is 0. The van der Waals surface area contributed by atoms with E-state index in [9.17, 15) is 0 Å². The Labute approximate surface area is 102 Å². The van der Waals surface area contributed by atoms with Crippen LogP contribution in [0.4, 0.5) is 0 Å². The second-order valence-electron chi connectivity index (χ2n) is 3.17. The predicted molar refractivity (Wildman–Crippen MR) is 68.9 cm³/mol. The van der Waals surface area contributed by atoms with Gasteiger partial charge < -0.3 is 4.98 Å². The maximum Gasteiger partial charge on any atom is 0.137 e. The number of aromatic nitrogens is 2. The highest BCUT2D eigenvalue weighted by molar-refractivity contribution is 9.10. The topological polar surface area (TPSA) is 28.7 Å². The maximum atomic E-state index is 4.28. The lowest BCUT2D eigenvalue weighted by Gasteiger charge is -2.06. The SMILES string of the molecule is CSCc1cc(Br)ccc1-c1ncc[nH]1. The smallest absolute Gasteiger partial charge is 0.137 e. The zero-order chi connectivity index (χ0) is 10.7. The minimum absolute atomic E-state index is 0.937. The standard InChI is InChI=1S/C11H11BrN2S/c1-15-7-8-6-9(12)2-3-10(8)11-13-4-5-14-11/h2-6H,7H2,1H3,(H,13,14). The van der Waals surface area contributed by atoms with Crippen LogP contribution in [0.5, 0.6) is 0 Å². The van der Waals surface area contributed by atoms with Crippen molar-refractivity contribution in [3.05, 3.63) is 40.6 Å². The van der Waals surface area contributed by atoms with E-state index in [-0.39, 0.29) is 0 Å². The average Bonchev–Trinajstić information content (AvgIpc) is 2.71. The highest BCUT2D eigenvalue weighted by Gasteiger charge is 2.06. The summed E-state index contributed by atoms with van der Waals surface area (Å²) < 4.78 is 1.11. The number of aromatic amines is 1. The molecule has 0 amide bonds. The molecule has 78 valence electrons. The second kappa shape index (κ2) is 4.86. The molecule has 0 bridgehead atoms. The van der Waals surface area contributed by atoms with Gasteiger partial charge in [0.05, 0.1) is 0 Å². The van der Waals surface area contributed by atoms with Gasteiger partial charge >= 0.3 is 0 Å². The molecule has 0 atom stereocenters. The van der Waals surface area contributed by atoms with Gasteiger partial charge in [0.1, 0.15) is 5.82 Å². The highest BCUT2D eigenvalue weighted by atomic mass is 79.9. The largest absolute Gasteiger partial charge is 0.345 e. The van der Waals surface area contributed by atoms with Crippen LogP contribution in [0.3, 0.4) is 0 Å². The monoisotopic (exact) mass is 282 g/mol. The van der Waals surface area contributed by atoms with E-state index in [4.69, 9.17) is 0 Å². The summed E-state index contributed by atoms with van der Waals surface area (Å²) in [5.74, 6) is 1.93. The van der Waals surface area contributed by atoms with Crippen LogP contribution in [-0.4, -0.2) is 16.2 Å². The molecule has 4 heteroatoms. The van der Waals surface area contributed by atoms with Crippen LogP contribution in [0.25, 0.3) is 11.4 Å². The van der Waals surface area contributed by atoms with Gasteiger partial charge in [-0.15, -0.1) is 0 Å². The molecule has 0 aliphatic heterocycles. The molecule has 2 rings (SSSR count). The number of hydrogen-bond donors (Lipinski definition) is 1. The van der Waals surface area contributed by atoms with Crippen LogP contribution < -0.4 is 0 Å². The van der Waals surface area contributed by atoms with Crippen LogP contribution >= 0.6 is 27.7 Å². The molecule has 0 aliphatic rings. The lowest BCUT2D eigenvalue weighted by atomic mass is 10.1. The highest BCUT2D eigenvalue weighted by Crippen LogP contribution is 2.26. The molecule has 15 heavy (non-hydrogen) atoms. The number of nitrogens with zero attached hydrogens (tertiary/aromatic N) is 1. The van der Waals surface area contributed by atoms with Gasteiger partial charge in [0.25, 0.3) is 0 Å². The molecule has 0 aliphatic carbocycles. The van der Waals surface area contributed by atoms with E-state index >= 15 is 0 Å². The van der Waals surface area contributed by atoms with Crippen LogP contribution in [0.2, 0.25) is 0 Å². The molecule has 0 saturated carbocycles. The van der Waals surface area contributed by atoms with Gasteiger partial charge in [-0.3, -0.25) is 0 Å². The number of rotatable bonds is 3. The number of H-pyrrole nitrogens is 1. The molecule has 1 heterocycles. The first-order valence-electron chi connectivity index (χ1n) is 4.58. The number of benzene rings is 1. The molecular weight excluding hydrogens is 272 g/mol. The minimum Gasteiger partial charge on any atom is -0.345 e. The van der Waals surface area contributed by atoms with Crippen molar-refractivity contribution in [2.45, 2.75) is 5.75 Å². The summed E-state index contributed by atoms with van der Waals surface area (Å²) in [7, 11) is 0. The van der Waals surface area contributed by atoms with Crippen molar-refractivity contribution in [3.63, 3.8) is 0 Å². The van der Waals surface area contributed by atoms with Gasteiger partial charge in [-0.05, 0) is 30.0 Å². The van der Waals surface area contributed by atoms with Crippen molar-refractivity contribution in [2.24, 2.45) is 0 Å². The fraction of sp³-hybridized carbons (Fsp3) is 0.182. The molecule has 0 spiro atoms. The van der Waals surface area contributed by atoms with Crippen molar-refractivity contribution in [3.8, 4) is 11.4 Å². The first-order valence-corrected chi connectivity index (χ1v) is 6.77. The van der Waals surface area contributed by atoms with Gasteiger partial charge in [-0.1, -0.05) is 15.9 Å². The fourth-order valence-electron chi connectivity index (χ4n) is 1.48. The third kappa shape index (κ3) is 2.44. The van der Waals surface area contributed by atoms with Gasteiger partial charge in [-0.2, -0.15) is 11.8 Å². The van der Waals surface area contributed by atoms with E-state index in [1.165, 1.54) is 11.1 Å². The summed E-state index contributed by atoms with van der Waals surface area (Å²) in [4.78, 5) is 7.41. The zero-order valence-corrected chi connectivity index (χ0v) is 10.7. The Morgan fingerprint density at radius 3 is 3.00 bits per heavy atom. The van der Waals surface area contributed by atoms with Crippen molar-refractivity contribution in [1.82, 2.24) is 9.97 Å². The molecule has 2 nitrogen and oxygen atoms in total. The van der Waals surface area contributed by atoms with Gasteiger partial charge in [0, 0.05) is 28.2 Å². The Kier molecular flexibility index (Phi) is 3.49. The maximum absolute atomic E-state index is 4.28. The second-order valence-corrected chi connectivity index (χ2v) is 4.95. The van der Waals surface area contributed by atoms with Crippen LogP contribution in [0.1, 0.15) is 5.56 Å². The number of nitrogens with one attached hydrogen (secondary N) is 1. The number of halogens is 1. The Balaban J connectivity index is 2.46. The van der Waals surface area contributed by atoms with Gasteiger partial charge in [0.2, 0.25) is 0 Å². The van der Waals surface area contributed by atoms with Crippen molar-refractivity contribution >= 4 is 27.7 Å². The normalized spacial score (nSPS) is 10.5. The van der Waals surface area contributed by atoms with Crippen LogP contribution in [0, 0.1) is 0 Å².